The zero-order valence-corrected chi connectivity index (χ0v) is 12.3. The number of anilines is 1. The Balaban J connectivity index is 1.84. The van der Waals surface area contributed by atoms with Gasteiger partial charge in [-0.25, -0.2) is 0 Å². The van der Waals surface area contributed by atoms with Gasteiger partial charge in [0.2, 0.25) is 5.91 Å². The Kier molecular flexibility index (Phi) is 3.82. The minimum atomic E-state index is -0.287. The molecule has 0 aromatic heterocycles. The lowest BCUT2D eigenvalue weighted by atomic mass is 10.1. The zero-order chi connectivity index (χ0) is 14.8. The van der Waals surface area contributed by atoms with Crippen LogP contribution in [0.3, 0.4) is 0 Å². The van der Waals surface area contributed by atoms with Gasteiger partial charge in [-0.15, -0.1) is 0 Å². The molecular weight excluding hydrogens is 288 g/mol. The third-order valence-electron chi connectivity index (χ3n) is 3.30. The van der Waals surface area contributed by atoms with Gasteiger partial charge in [0.1, 0.15) is 17.5 Å². The van der Waals surface area contributed by atoms with Crippen molar-refractivity contribution >= 4 is 23.2 Å². The number of likely N-dealkylation sites (N-methyl/N-ethyl adjacent to an activating group) is 1. The standard InChI is InChI=1S/C16H15ClN2O2/c1-2-18-15-13-7-6-12(9-14(13)19-16(15)20)21-11-5-3-4-10(17)8-11/h3-9,15,18H,2H2,1H3,(H,19,20). The van der Waals surface area contributed by atoms with Crippen LogP contribution in [0.2, 0.25) is 5.02 Å². The first-order valence-corrected chi connectivity index (χ1v) is 7.17. The van der Waals surface area contributed by atoms with Gasteiger partial charge in [0, 0.05) is 22.3 Å². The molecule has 4 nitrogen and oxygen atoms in total. The fraction of sp³-hybridized carbons (Fsp3) is 0.188. The number of rotatable bonds is 4. The first-order valence-electron chi connectivity index (χ1n) is 6.79. The number of ether oxygens (including phenoxy) is 1. The van der Waals surface area contributed by atoms with Crippen molar-refractivity contribution in [1.29, 1.82) is 0 Å². The molecule has 0 saturated carbocycles. The Morgan fingerprint density at radius 1 is 1.24 bits per heavy atom. The highest BCUT2D eigenvalue weighted by Gasteiger charge is 2.29. The van der Waals surface area contributed by atoms with Crippen LogP contribution < -0.4 is 15.4 Å². The molecule has 1 heterocycles. The van der Waals surface area contributed by atoms with E-state index in [1.807, 2.05) is 37.3 Å². The highest BCUT2D eigenvalue weighted by Crippen LogP contribution is 2.35. The maximum absolute atomic E-state index is 11.9. The van der Waals surface area contributed by atoms with Gasteiger partial charge in [-0.1, -0.05) is 30.7 Å². The van der Waals surface area contributed by atoms with E-state index in [9.17, 15) is 4.79 Å². The summed E-state index contributed by atoms with van der Waals surface area (Å²) in [5, 5.41) is 6.64. The summed E-state index contributed by atoms with van der Waals surface area (Å²) in [6, 6.07) is 12.5. The first kappa shape index (κ1) is 13.9. The van der Waals surface area contributed by atoms with E-state index in [2.05, 4.69) is 10.6 Å². The molecule has 0 radical (unpaired) electrons. The van der Waals surface area contributed by atoms with Crippen LogP contribution in [0, 0.1) is 0 Å². The van der Waals surface area contributed by atoms with Gasteiger partial charge >= 0.3 is 0 Å². The summed E-state index contributed by atoms with van der Waals surface area (Å²) in [5.74, 6) is 1.29. The molecule has 2 aromatic rings. The van der Waals surface area contributed by atoms with Crippen LogP contribution >= 0.6 is 11.6 Å². The molecule has 0 spiro atoms. The van der Waals surface area contributed by atoms with Gasteiger partial charge < -0.3 is 15.4 Å². The Labute approximate surface area is 128 Å². The monoisotopic (exact) mass is 302 g/mol. The van der Waals surface area contributed by atoms with Crippen LogP contribution in [0.15, 0.2) is 42.5 Å². The maximum Gasteiger partial charge on any atom is 0.246 e. The number of hydrogen-bond donors (Lipinski definition) is 2. The SMILES string of the molecule is CCNC1C(=O)Nc2cc(Oc3cccc(Cl)c3)ccc21. The van der Waals surface area contributed by atoms with Crippen LogP contribution in [-0.2, 0) is 4.79 Å². The van der Waals surface area contributed by atoms with Crippen molar-refractivity contribution in [2.24, 2.45) is 0 Å². The van der Waals surface area contributed by atoms with E-state index in [1.54, 1.807) is 12.1 Å². The Morgan fingerprint density at radius 3 is 2.81 bits per heavy atom. The number of fused-ring (bicyclic) bond motifs is 1. The van der Waals surface area contributed by atoms with Gasteiger partial charge in [-0.2, -0.15) is 0 Å². The second-order valence-electron chi connectivity index (χ2n) is 4.79. The molecule has 1 atom stereocenters. The molecule has 0 saturated heterocycles. The van der Waals surface area contributed by atoms with Crippen molar-refractivity contribution < 1.29 is 9.53 Å². The minimum Gasteiger partial charge on any atom is -0.457 e. The molecule has 1 aliphatic rings. The predicted octanol–water partition coefficient (Wildman–Crippen LogP) is 3.74. The van der Waals surface area contributed by atoms with Gasteiger partial charge in [0.15, 0.2) is 0 Å². The number of benzene rings is 2. The Hall–Kier alpha value is -2.04. The second kappa shape index (κ2) is 5.76. The molecule has 0 bridgehead atoms. The van der Waals surface area contributed by atoms with Crippen molar-refractivity contribution in [1.82, 2.24) is 5.32 Å². The van der Waals surface area contributed by atoms with Crippen LogP contribution in [-0.4, -0.2) is 12.5 Å². The van der Waals surface area contributed by atoms with Crippen LogP contribution in [0.25, 0.3) is 0 Å². The van der Waals surface area contributed by atoms with Gasteiger partial charge in [-0.05, 0) is 30.8 Å². The second-order valence-corrected chi connectivity index (χ2v) is 5.22. The number of halogens is 1. The summed E-state index contributed by atoms with van der Waals surface area (Å²) in [4.78, 5) is 11.9. The molecule has 21 heavy (non-hydrogen) atoms. The molecule has 5 heteroatoms. The van der Waals surface area contributed by atoms with E-state index in [-0.39, 0.29) is 11.9 Å². The zero-order valence-electron chi connectivity index (χ0n) is 11.5. The number of hydrogen-bond acceptors (Lipinski definition) is 3. The lowest BCUT2D eigenvalue weighted by Crippen LogP contribution is -2.27. The van der Waals surface area contributed by atoms with Gasteiger partial charge in [0.25, 0.3) is 0 Å². The summed E-state index contributed by atoms with van der Waals surface area (Å²) < 4.78 is 5.76. The molecule has 2 N–H and O–H groups in total. The van der Waals surface area contributed by atoms with Crippen molar-refractivity contribution in [3.63, 3.8) is 0 Å². The molecule has 0 fully saturated rings. The number of carbonyl (C=O) groups is 1. The van der Waals surface area contributed by atoms with Crippen molar-refractivity contribution in [3.05, 3.63) is 53.1 Å². The average molecular weight is 303 g/mol. The lowest BCUT2D eigenvalue weighted by Gasteiger charge is -2.10. The molecule has 1 aliphatic heterocycles. The molecule has 108 valence electrons. The fourth-order valence-electron chi connectivity index (χ4n) is 2.38. The van der Waals surface area contributed by atoms with E-state index < -0.39 is 0 Å². The smallest absolute Gasteiger partial charge is 0.246 e. The quantitative estimate of drug-likeness (QED) is 0.904. The molecule has 2 aromatic carbocycles. The number of carbonyl (C=O) groups excluding carboxylic acids is 1. The highest BCUT2D eigenvalue weighted by atomic mass is 35.5. The topological polar surface area (TPSA) is 50.4 Å². The first-order chi connectivity index (χ1) is 10.2. The third kappa shape index (κ3) is 2.86. The molecule has 1 unspecified atom stereocenters. The Morgan fingerprint density at radius 2 is 2.05 bits per heavy atom. The Bertz CT molecular complexity index is 688. The molecular formula is C16H15ClN2O2. The van der Waals surface area contributed by atoms with E-state index >= 15 is 0 Å². The van der Waals surface area contributed by atoms with Gasteiger partial charge in [0.05, 0.1) is 0 Å². The molecule has 3 rings (SSSR count). The number of nitrogens with one attached hydrogen (secondary N) is 2. The minimum absolute atomic E-state index is 0.0354. The van der Waals surface area contributed by atoms with E-state index in [4.69, 9.17) is 16.3 Å². The summed E-state index contributed by atoms with van der Waals surface area (Å²) >= 11 is 5.93. The van der Waals surface area contributed by atoms with Crippen molar-refractivity contribution in [2.75, 3.05) is 11.9 Å². The lowest BCUT2D eigenvalue weighted by molar-refractivity contribution is -0.117. The van der Waals surface area contributed by atoms with E-state index in [0.717, 1.165) is 17.8 Å². The highest BCUT2D eigenvalue weighted by molar-refractivity contribution is 6.30. The molecule has 1 amide bonds. The van der Waals surface area contributed by atoms with Crippen LogP contribution in [0.5, 0.6) is 11.5 Å². The van der Waals surface area contributed by atoms with Crippen molar-refractivity contribution in [2.45, 2.75) is 13.0 Å². The average Bonchev–Trinajstić information content (AvgIpc) is 2.75. The summed E-state index contributed by atoms with van der Waals surface area (Å²) in [6.07, 6.45) is 0. The van der Waals surface area contributed by atoms with E-state index in [1.165, 1.54) is 0 Å². The summed E-state index contributed by atoms with van der Waals surface area (Å²) in [7, 11) is 0. The summed E-state index contributed by atoms with van der Waals surface area (Å²) in [5.41, 5.74) is 1.73. The fourth-order valence-corrected chi connectivity index (χ4v) is 2.56. The largest absolute Gasteiger partial charge is 0.457 e. The van der Waals surface area contributed by atoms with Crippen LogP contribution in [0.1, 0.15) is 18.5 Å². The van der Waals surface area contributed by atoms with Crippen LogP contribution in [0.4, 0.5) is 5.69 Å². The predicted molar refractivity (Wildman–Crippen MR) is 83.0 cm³/mol. The molecule has 0 aliphatic carbocycles. The maximum atomic E-state index is 11.9. The van der Waals surface area contributed by atoms with Crippen molar-refractivity contribution in [3.8, 4) is 11.5 Å². The van der Waals surface area contributed by atoms with E-state index in [0.29, 0.717) is 16.5 Å². The normalized spacial score (nSPS) is 16.5. The number of amides is 1. The van der Waals surface area contributed by atoms with Gasteiger partial charge in [-0.3, -0.25) is 4.79 Å². The summed E-state index contributed by atoms with van der Waals surface area (Å²) in [6.45, 7) is 2.71. The third-order valence-corrected chi connectivity index (χ3v) is 3.53.